The predicted octanol–water partition coefficient (Wildman–Crippen LogP) is 4.39. The fourth-order valence-electron chi connectivity index (χ4n) is 3.37. The predicted molar refractivity (Wildman–Crippen MR) is 131 cm³/mol. The van der Waals surface area contributed by atoms with E-state index in [4.69, 9.17) is 15.8 Å². The summed E-state index contributed by atoms with van der Waals surface area (Å²) in [6, 6.07) is 15.7. The van der Waals surface area contributed by atoms with Crippen LogP contribution in [0.1, 0.15) is 16.7 Å². The molecular formula is C25H19ClN2O6S. The number of aryl methyl sites for hydroxylation is 2. The third-order valence-electron chi connectivity index (χ3n) is 5.35. The highest BCUT2D eigenvalue weighted by molar-refractivity contribution is 7.87. The van der Waals surface area contributed by atoms with Crippen molar-refractivity contribution >= 4 is 51.3 Å². The standard InChI is InChI=1S/C25H19ClN2O6S/c1-15-8-10-19(12-16(15)2)28-24(30)21(23(29)27-25(28)31)14-17-13-18(26)9-11-22(17)34-35(32,33)20-6-4-3-5-7-20/h3-14H,1-2H3,(H,27,29,31)/b21-14+. The number of anilines is 1. The Hall–Kier alpha value is -3.95. The molecule has 1 N–H and O–H groups in total. The van der Waals surface area contributed by atoms with Gasteiger partial charge in [0.05, 0.1) is 5.69 Å². The van der Waals surface area contributed by atoms with Crippen LogP contribution < -0.4 is 14.4 Å². The zero-order valence-electron chi connectivity index (χ0n) is 18.6. The molecule has 1 fully saturated rings. The first-order valence-electron chi connectivity index (χ1n) is 10.3. The van der Waals surface area contributed by atoms with Crippen molar-refractivity contribution in [2.24, 2.45) is 0 Å². The van der Waals surface area contributed by atoms with E-state index in [0.29, 0.717) is 0 Å². The Balaban J connectivity index is 1.76. The van der Waals surface area contributed by atoms with Crippen molar-refractivity contribution in [3.63, 3.8) is 0 Å². The topological polar surface area (TPSA) is 110 Å². The maximum Gasteiger partial charge on any atom is 0.339 e. The van der Waals surface area contributed by atoms with Crippen molar-refractivity contribution in [3.8, 4) is 5.75 Å². The van der Waals surface area contributed by atoms with Gasteiger partial charge in [-0.25, -0.2) is 9.69 Å². The molecule has 0 bridgehead atoms. The van der Waals surface area contributed by atoms with Crippen LogP contribution in [-0.2, 0) is 19.7 Å². The highest BCUT2D eigenvalue weighted by Gasteiger charge is 2.37. The molecule has 0 saturated carbocycles. The number of carbonyl (C=O) groups excluding carboxylic acids is 3. The molecule has 1 saturated heterocycles. The Morgan fingerprint density at radius 3 is 2.31 bits per heavy atom. The molecule has 178 valence electrons. The van der Waals surface area contributed by atoms with E-state index in [9.17, 15) is 22.8 Å². The maximum absolute atomic E-state index is 13.2. The minimum absolute atomic E-state index is 0.0601. The highest BCUT2D eigenvalue weighted by atomic mass is 35.5. The van der Waals surface area contributed by atoms with Gasteiger partial charge in [0.2, 0.25) is 0 Å². The Labute approximate surface area is 206 Å². The van der Waals surface area contributed by atoms with Crippen LogP contribution in [0.2, 0.25) is 5.02 Å². The molecule has 0 unspecified atom stereocenters. The number of hydrogen-bond donors (Lipinski definition) is 1. The minimum atomic E-state index is -4.21. The first-order chi connectivity index (χ1) is 16.6. The number of halogens is 1. The fourth-order valence-corrected chi connectivity index (χ4v) is 4.53. The van der Waals surface area contributed by atoms with Crippen LogP contribution in [0.15, 0.2) is 77.2 Å². The molecule has 3 aromatic rings. The third-order valence-corrected chi connectivity index (χ3v) is 6.84. The van der Waals surface area contributed by atoms with E-state index in [1.165, 1.54) is 30.3 Å². The third kappa shape index (κ3) is 4.96. The van der Waals surface area contributed by atoms with Gasteiger partial charge < -0.3 is 4.18 Å². The molecule has 8 nitrogen and oxygen atoms in total. The molecule has 0 aliphatic carbocycles. The SMILES string of the molecule is Cc1ccc(N2C(=O)NC(=O)/C(=C\c3cc(Cl)ccc3OS(=O)(=O)c3ccccc3)C2=O)cc1C. The average Bonchev–Trinajstić information content (AvgIpc) is 2.81. The number of rotatable bonds is 5. The van der Waals surface area contributed by atoms with Gasteiger partial charge in [-0.1, -0.05) is 35.9 Å². The smallest absolute Gasteiger partial charge is 0.339 e. The second-order valence-corrected chi connectivity index (χ2v) is 9.74. The number of barbiturate groups is 1. The molecule has 0 radical (unpaired) electrons. The van der Waals surface area contributed by atoms with E-state index in [-0.39, 0.29) is 26.9 Å². The molecule has 0 atom stereocenters. The summed E-state index contributed by atoms with van der Waals surface area (Å²) in [5.74, 6) is -1.96. The summed E-state index contributed by atoms with van der Waals surface area (Å²) in [7, 11) is -4.21. The molecule has 0 aromatic heterocycles. The van der Waals surface area contributed by atoms with Crippen molar-refractivity contribution in [1.29, 1.82) is 0 Å². The quantitative estimate of drug-likeness (QED) is 0.309. The van der Waals surface area contributed by atoms with Crippen LogP contribution in [0.5, 0.6) is 5.75 Å². The normalized spacial score (nSPS) is 15.3. The van der Waals surface area contributed by atoms with E-state index in [0.717, 1.165) is 22.1 Å². The van der Waals surface area contributed by atoms with Gasteiger partial charge in [-0.2, -0.15) is 8.42 Å². The van der Waals surface area contributed by atoms with Crippen LogP contribution >= 0.6 is 11.6 Å². The summed E-state index contributed by atoms with van der Waals surface area (Å²) in [5, 5.41) is 2.35. The van der Waals surface area contributed by atoms with Crippen LogP contribution in [0.25, 0.3) is 6.08 Å². The van der Waals surface area contributed by atoms with Crippen molar-refractivity contribution in [2.75, 3.05) is 4.90 Å². The number of benzene rings is 3. The molecule has 10 heteroatoms. The summed E-state index contributed by atoms with van der Waals surface area (Å²) in [5.41, 5.74) is 1.76. The molecule has 35 heavy (non-hydrogen) atoms. The zero-order valence-corrected chi connectivity index (χ0v) is 20.2. The summed E-state index contributed by atoms with van der Waals surface area (Å²) in [6.07, 6.45) is 1.14. The van der Waals surface area contributed by atoms with E-state index in [2.05, 4.69) is 5.32 Å². The van der Waals surface area contributed by atoms with Crippen LogP contribution in [0.4, 0.5) is 10.5 Å². The van der Waals surface area contributed by atoms with Crippen LogP contribution in [0, 0.1) is 13.8 Å². The van der Waals surface area contributed by atoms with E-state index in [1.807, 2.05) is 13.8 Å². The first-order valence-corrected chi connectivity index (χ1v) is 12.1. The molecule has 1 aliphatic rings. The van der Waals surface area contributed by atoms with Gasteiger partial charge in [-0.15, -0.1) is 0 Å². The number of hydrogen-bond acceptors (Lipinski definition) is 6. The van der Waals surface area contributed by atoms with E-state index < -0.39 is 33.5 Å². The zero-order chi connectivity index (χ0) is 25.3. The molecule has 4 amide bonds. The lowest BCUT2D eigenvalue weighted by molar-refractivity contribution is -0.122. The number of nitrogens with zero attached hydrogens (tertiary/aromatic N) is 1. The summed E-state index contributed by atoms with van der Waals surface area (Å²) in [6.45, 7) is 3.71. The lowest BCUT2D eigenvalue weighted by Gasteiger charge is -2.27. The second-order valence-electron chi connectivity index (χ2n) is 7.76. The minimum Gasteiger partial charge on any atom is -0.378 e. The van der Waals surface area contributed by atoms with Gasteiger partial charge in [-0.05, 0) is 73.5 Å². The largest absolute Gasteiger partial charge is 0.378 e. The second kappa shape index (κ2) is 9.36. The van der Waals surface area contributed by atoms with Gasteiger partial charge in [0.1, 0.15) is 16.2 Å². The Morgan fingerprint density at radius 2 is 1.63 bits per heavy atom. The average molecular weight is 511 g/mol. The van der Waals surface area contributed by atoms with Gasteiger partial charge in [0.15, 0.2) is 0 Å². The van der Waals surface area contributed by atoms with Crippen LogP contribution in [-0.4, -0.2) is 26.3 Å². The number of amides is 4. The van der Waals surface area contributed by atoms with Crippen molar-refractivity contribution < 1.29 is 27.0 Å². The Bertz CT molecular complexity index is 1500. The van der Waals surface area contributed by atoms with E-state index >= 15 is 0 Å². The number of imide groups is 2. The van der Waals surface area contributed by atoms with Gasteiger partial charge in [0, 0.05) is 10.6 Å². The van der Waals surface area contributed by atoms with Gasteiger partial charge >= 0.3 is 16.1 Å². The van der Waals surface area contributed by atoms with Crippen LogP contribution in [0.3, 0.4) is 0 Å². The fraction of sp³-hybridized carbons (Fsp3) is 0.0800. The highest BCUT2D eigenvalue weighted by Crippen LogP contribution is 2.30. The van der Waals surface area contributed by atoms with Gasteiger partial charge in [0.25, 0.3) is 11.8 Å². The molecule has 1 aliphatic heterocycles. The summed E-state index contributed by atoms with van der Waals surface area (Å²) >= 11 is 6.09. The molecule has 4 rings (SSSR count). The van der Waals surface area contributed by atoms with Crippen molar-refractivity contribution in [3.05, 3.63) is 94.0 Å². The summed E-state index contributed by atoms with van der Waals surface area (Å²) in [4.78, 5) is 39.1. The Morgan fingerprint density at radius 1 is 0.914 bits per heavy atom. The number of carbonyl (C=O) groups is 3. The molecule has 1 heterocycles. The lowest BCUT2D eigenvalue weighted by atomic mass is 10.0. The maximum atomic E-state index is 13.2. The number of urea groups is 1. The van der Waals surface area contributed by atoms with Crippen molar-refractivity contribution in [2.45, 2.75) is 18.7 Å². The molecule has 0 spiro atoms. The van der Waals surface area contributed by atoms with E-state index in [1.54, 1.807) is 36.4 Å². The lowest BCUT2D eigenvalue weighted by Crippen LogP contribution is -2.54. The number of nitrogens with one attached hydrogen (secondary N) is 1. The van der Waals surface area contributed by atoms with Crippen molar-refractivity contribution in [1.82, 2.24) is 5.32 Å². The van der Waals surface area contributed by atoms with Gasteiger partial charge in [-0.3, -0.25) is 14.9 Å². The summed E-state index contributed by atoms with van der Waals surface area (Å²) < 4.78 is 30.7. The molecule has 3 aromatic carbocycles. The first kappa shape index (κ1) is 24.2. The molecular weight excluding hydrogens is 492 g/mol. The monoisotopic (exact) mass is 510 g/mol. The Kier molecular flexibility index (Phi) is 6.47.